The van der Waals surface area contributed by atoms with Crippen LogP contribution in [0.3, 0.4) is 0 Å². The lowest BCUT2D eigenvalue weighted by atomic mass is 9.96. The number of rotatable bonds is 6. The quantitative estimate of drug-likeness (QED) is 0.754. The lowest BCUT2D eigenvalue weighted by Crippen LogP contribution is -2.40. The molecule has 7 nitrogen and oxygen atoms in total. The topological polar surface area (TPSA) is 92.6 Å². The van der Waals surface area contributed by atoms with E-state index in [1.165, 1.54) is 4.90 Å². The van der Waals surface area contributed by atoms with Crippen LogP contribution in [0.4, 0.5) is 0 Å². The van der Waals surface area contributed by atoms with E-state index >= 15 is 0 Å². The van der Waals surface area contributed by atoms with E-state index in [1.807, 2.05) is 12.1 Å². The van der Waals surface area contributed by atoms with Crippen LogP contribution in [0.5, 0.6) is 0 Å². The molecule has 2 aliphatic rings. The van der Waals surface area contributed by atoms with Gasteiger partial charge in [-0.3, -0.25) is 4.79 Å². The number of carboxylic acids is 1. The molecule has 0 spiro atoms. The number of aromatic nitrogens is 2. The molecule has 2 aliphatic heterocycles. The first-order valence-electron chi connectivity index (χ1n) is 10.2. The lowest BCUT2D eigenvalue weighted by Gasteiger charge is -2.22. The molecule has 0 unspecified atom stereocenters. The van der Waals surface area contributed by atoms with Gasteiger partial charge in [0.15, 0.2) is 0 Å². The Morgan fingerprint density at radius 1 is 1.37 bits per heavy atom. The first-order valence-corrected chi connectivity index (χ1v) is 10.6. The van der Waals surface area contributed by atoms with Gasteiger partial charge in [-0.15, -0.1) is 0 Å². The molecule has 1 amide bonds. The van der Waals surface area contributed by atoms with E-state index in [-0.39, 0.29) is 5.91 Å². The summed E-state index contributed by atoms with van der Waals surface area (Å²) in [6.45, 7) is 3.60. The fraction of sp³-hybridized carbons (Fsp3) is 0.455. The highest BCUT2D eigenvalue weighted by molar-refractivity contribution is 6.32. The molecule has 30 heavy (non-hydrogen) atoms. The molecule has 1 fully saturated rings. The maximum Gasteiger partial charge on any atom is 0.326 e. The Balaban J connectivity index is 1.61. The Morgan fingerprint density at radius 3 is 2.83 bits per heavy atom. The summed E-state index contributed by atoms with van der Waals surface area (Å²) in [5.41, 5.74) is 2.64. The lowest BCUT2D eigenvalue weighted by molar-refractivity contribution is -0.142. The molecule has 1 N–H and O–H groups in total. The first-order chi connectivity index (χ1) is 14.5. The number of nitrogens with zero attached hydrogens (tertiary/aromatic N) is 3. The number of hydrogen-bond donors (Lipinski definition) is 1. The van der Waals surface area contributed by atoms with E-state index in [0.717, 1.165) is 49.4 Å². The Kier molecular flexibility index (Phi) is 6.01. The zero-order chi connectivity index (χ0) is 21.3. The van der Waals surface area contributed by atoms with Gasteiger partial charge in [0.2, 0.25) is 0 Å². The van der Waals surface area contributed by atoms with Gasteiger partial charge in [0.05, 0.1) is 10.7 Å². The molecule has 0 radical (unpaired) electrons. The van der Waals surface area contributed by atoms with Crippen molar-refractivity contribution in [3.05, 3.63) is 46.4 Å². The summed E-state index contributed by atoms with van der Waals surface area (Å²) in [5.74, 6) is -0.0409. The molecule has 8 heteroatoms. The molecule has 158 valence electrons. The number of carbonyl (C=O) groups excluding carboxylic acids is 1. The monoisotopic (exact) mass is 429 g/mol. The molecule has 0 bridgehead atoms. The summed E-state index contributed by atoms with van der Waals surface area (Å²) in [4.78, 5) is 34.9. The van der Waals surface area contributed by atoms with E-state index < -0.39 is 12.0 Å². The van der Waals surface area contributed by atoms with Gasteiger partial charge in [0.1, 0.15) is 11.9 Å². The molecular formula is C22H24ClN3O4. The van der Waals surface area contributed by atoms with Gasteiger partial charge >= 0.3 is 5.97 Å². The Labute approximate surface area is 180 Å². The number of carboxylic acid groups (broad SMARTS) is 1. The van der Waals surface area contributed by atoms with Gasteiger partial charge in [-0.2, -0.15) is 0 Å². The molecule has 1 saturated heterocycles. The van der Waals surface area contributed by atoms with Crippen LogP contribution in [-0.2, 0) is 22.5 Å². The minimum atomic E-state index is -0.990. The summed E-state index contributed by atoms with van der Waals surface area (Å²) < 4.78 is 5.42. The van der Waals surface area contributed by atoms with Crippen molar-refractivity contribution in [1.29, 1.82) is 0 Å². The number of ether oxygens (including phenoxy) is 1. The van der Waals surface area contributed by atoms with Crippen LogP contribution in [0.1, 0.15) is 47.9 Å². The van der Waals surface area contributed by atoms with Crippen LogP contribution in [0, 0.1) is 5.92 Å². The van der Waals surface area contributed by atoms with Gasteiger partial charge in [-0.25, -0.2) is 14.8 Å². The third kappa shape index (κ3) is 4.04. The van der Waals surface area contributed by atoms with Gasteiger partial charge in [-0.05, 0) is 36.8 Å². The molecule has 4 rings (SSSR count). The smallest absolute Gasteiger partial charge is 0.326 e. The Bertz CT molecular complexity index is 975. The largest absolute Gasteiger partial charge is 0.480 e. The van der Waals surface area contributed by atoms with E-state index in [2.05, 4.69) is 9.97 Å². The summed E-state index contributed by atoms with van der Waals surface area (Å²) >= 11 is 6.39. The van der Waals surface area contributed by atoms with Crippen molar-refractivity contribution in [1.82, 2.24) is 14.9 Å². The van der Waals surface area contributed by atoms with Crippen LogP contribution in [0.25, 0.3) is 11.3 Å². The normalized spacial score (nSPS) is 17.8. The number of fused-ring (bicyclic) bond motifs is 1. The second-order valence-corrected chi connectivity index (χ2v) is 8.22. The molecule has 0 saturated carbocycles. The maximum atomic E-state index is 12.9. The van der Waals surface area contributed by atoms with Crippen molar-refractivity contribution in [2.75, 3.05) is 13.2 Å². The summed E-state index contributed by atoms with van der Waals surface area (Å²) in [5, 5.41) is 9.85. The van der Waals surface area contributed by atoms with Crippen LogP contribution >= 0.6 is 11.6 Å². The van der Waals surface area contributed by atoms with E-state index in [9.17, 15) is 14.7 Å². The molecule has 3 heterocycles. The molecule has 1 atom stereocenters. The first kappa shape index (κ1) is 20.8. The van der Waals surface area contributed by atoms with Crippen molar-refractivity contribution in [2.45, 2.75) is 45.2 Å². The highest BCUT2D eigenvalue weighted by atomic mass is 35.5. The number of carbonyl (C=O) groups is 2. The second kappa shape index (κ2) is 8.70. The highest BCUT2D eigenvalue weighted by Crippen LogP contribution is 2.32. The van der Waals surface area contributed by atoms with Crippen molar-refractivity contribution in [2.24, 2.45) is 5.92 Å². The number of aliphatic carboxylic acids is 1. The predicted molar refractivity (Wildman–Crippen MR) is 111 cm³/mol. The van der Waals surface area contributed by atoms with Crippen molar-refractivity contribution >= 4 is 23.5 Å². The Morgan fingerprint density at radius 2 is 2.13 bits per heavy atom. The molecule has 1 aromatic heterocycles. The third-order valence-corrected chi connectivity index (χ3v) is 6.15. The number of hydrogen-bond acceptors (Lipinski definition) is 5. The summed E-state index contributed by atoms with van der Waals surface area (Å²) in [6.07, 6.45) is 4.72. The van der Waals surface area contributed by atoms with Gasteiger partial charge in [0, 0.05) is 43.5 Å². The van der Waals surface area contributed by atoms with Gasteiger partial charge < -0.3 is 14.7 Å². The van der Waals surface area contributed by atoms with Gasteiger partial charge in [0.25, 0.3) is 5.91 Å². The number of halogens is 1. The highest BCUT2D eigenvalue weighted by Gasteiger charge is 2.35. The van der Waals surface area contributed by atoms with Crippen LogP contribution in [0.2, 0.25) is 5.02 Å². The fourth-order valence-corrected chi connectivity index (χ4v) is 4.36. The fourth-order valence-electron chi connectivity index (χ4n) is 4.16. The average Bonchev–Trinajstić information content (AvgIpc) is 3.06. The predicted octanol–water partition coefficient (Wildman–Crippen LogP) is 3.59. The average molecular weight is 430 g/mol. The summed E-state index contributed by atoms with van der Waals surface area (Å²) in [7, 11) is 0. The summed E-state index contributed by atoms with van der Waals surface area (Å²) in [6, 6.07) is 4.66. The molecule has 0 aliphatic carbocycles. The van der Waals surface area contributed by atoms with E-state index in [1.54, 1.807) is 19.2 Å². The molecular weight excluding hydrogens is 406 g/mol. The standard InChI is InChI=1S/C22H24ClN3O4/c1-2-18(22(28)29)26-12-15-4-3-14(10-16(15)21(26)27)20-17(23)11-24-19(25-20)9-13-5-7-30-8-6-13/h3-4,10-11,13,18H,2,5-9,12H2,1H3,(H,28,29)/t18-/m1/s1. The number of amides is 1. The molecule has 2 aromatic rings. The zero-order valence-electron chi connectivity index (χ0n) is 16.8. The third-order valence-electron chi connectivity index (χ3n) is 5.87. The van der Waals surface area contributed by atoms with Crippen molar-refractivity contribution in [3.63, 3.8) is 0 Å². The SMILES string of the molecule is CC[C@H](C(=O)O)N1Cc2ccc(-c3nc(CC4CCOCC4)ncc3Cl)cc2C1=O. The minimum absolute atomic E-state index is 0.270. The van der Waals surface area contributed by atoms with Crippen molar-refractivity contribution < 1.29 is 19.4 Å². The number of benzene rings is 1. The van der Waals surface area contributed by atoms with E-state index in [0.29, 0.717) is 35.2 Å². The molecule has 1 aromatic carbocycles. The van der Waals surface area contributed by atoms with Crippen LogP contribution in [0.15, 0.2) is 24.4 Å². The van der Waals surface area contributed by atoms with Crippen LogP contribution in [-0.4, -0.2) is 51.1 Å². The van der Waals surface area contributed by atoms with Gasteiger partial charge in [-0.1, -0.05) is 30.7 Å². The van der Waals surface area contributed by atoms with Crippen LogP contribution < -0.4 is 0 Å². The van der Waals surface area contributed by atoms with E-state index in [4.69, 9.17) is 16.3 Å². The Hall–Kier alpha value is -2.51. The second-order valence-electron chi connectivity index (χ2n) is 7.81. The minimum Gasteiger partial charge on any atom is -0.480 e. The zero-order valence-corrected chi connectivity index (χ0v) is 17.6. The van der Waals surface area contributed by atoms with Crippen molar-refractivity contribution in [3.8, 4) is 11.3 Å². The maximum absolute atomic E-state index is 12.9.